The van der Waals surface area contributed by atoms with Gasteiger partial charge in [-0.25, -0.2) is 0 Å². The van der Waals surface area contributed by atoms with Crippen LogP contribution in [0.4, 0.5) is 0 Å². The van der Waals surface area contributed by atoms with Crippen molar-refractivity contribution in [3.05, 3.63) is 64.7 Å². The molecule has 2 aromatic rings. The second kappa shape index (κ2) is 7.18. The molecule has 1 fully saturated rings. The SMILES string of the molecule is CC(C(=O)O)c1ccc(C2Cc3cccc(OC4CCCC4)c3C2=O)cc1. The van der Waals surface area contributed by atoms with Gasteiger partial charge in [-0.3, -0.25) is 9.59 Å². The Morgan fingerprint density at radius 3 is 2.48 bits per heavy atom. The molecule has 0 aromatic heterocycles. The molecule has 0 bridgehead atoms. The quantitative estimate of drug-likeness (QED) is 0.834. The molecule has 27 heavy (non-hydrogen) atoms. The predicted molar refractivity (Wildman–Crippen MR) is 103 cm³/mol. The molecule has 1 N–H and O–H groups in total. The minimum Gasteiger partial charge on any atom is -0.490 e. The topological polar surface area (TPSA) is 63.6 Å². The molecule has 0 spiro atoms. The van der Waals surface area contributed by atoms with Gasteiger partial charge in [0.1, 0.15) is 5.75 Å². The summed E-state index contributed by atoms with van der Waals surface area (Å²) < 4.78 is 6.16. The molecule has 0 amide bonds. The van der Waals surface area contributed by atoms with Crippen LogP contribution in [0.2, 0.25) is 0 Å². The third kappa shape index (κ3) is 3.36. The molecule has 2 unspecified atom stereocenters. The van der Waals surface area contributed by atoms with E-state index >= 15 is 0 Å². The first-order valence-electron chi connectivity index (χ1n) is 9.70. The monoisotopic (exact) mass is 364 g/mol. The molecule has 0 saturated heterocycles. The number of ether oxygens (including phenoxy) is 1. The highest BCUT2D eigenvalue weighted by molar-refractivity contribution is 6.07. The summed E-state index contributed by atoms with van der Waals surface area (Å²) in [6.07, 6.45) is 5.40. The summed E-state index contributed by atoms with van der Waals surface area (Å²) >= 11 is 0. The number of carboxylic acids is 1. The molecule has 4 nitrogen and oxygen atoms in total. The van der Waals surface area contributed by atoms with Crippen molar-refractivity contribution in [3.63, 3.8) is 0 Å². The number of Topliss-reactive ketones (excluding diaryl/α,β-unsaturated/α-hetero) is 1. The highest BCUT2D eigenvalue weighted by atomic mass is 16.5. The first-order valence-corrected chi connectivity index (χ1v) is 9.70. The van der Waals surface area contributed by atoms with Crippen molar-refractivity contribution in [2.24, 2.45) is 0 Å². The van der Waals surface area contributed by atoms with E-state index in [0.29, 0.717) is 6.42 Å². The number of carboxylic acid groups (broad SMARTS) is 1. The van der Waals surface area contributed by atoms with Crippen LogP contribution in [0.1, 0.15) is 71.5 Å². The van der Waals surface area contributed by atoms with Crippen LogP contribution in [0.25, 0.3) is 0 Å². The molecule has 2 aliphatic carbocycles. The zero-order chi connectivity index (χ0) is 19.0. The van der Waals surface area contributed by atoms with E-state index in [4.69, 9.17) is 9.84 Å². The highest BCUT2D eigenvalue weighted by Crippen LogP contribution is 2.40. The Morgan fingerprint density at radius 1 is 1.11 bits per heavy atom. The summed E-state index contributed by atoms with van der Waals surface area (Å²) in [6.45, 7) is 1.67. The fraction of sp³-hybridized carbons (Fsp3) is 0.391. The van der Waals surface area contributed by atoms with Gasteiger partial charge in [0.05, 0.1) is 23.5 Å². The summed E-state index contributed by atoms with van der Waals surface area (Å²) in [5.41, 5.74) is 3.46. The Hall–Kier alpha value is -2.62. The van der Waals surface area contributed by atoms with Crippen LogP contribution >= 0.6 is 0 Å². The number of ketones is 1. The third-order valence-electron chi connectivity index (χ3n) is 5.90. The van der Waals surface area contributed by atoms with Crippen molar-refractivity contribution >= 4 is 11.8 Å². The number of rotatable bonds is 5. The minimum absolute atomic E-state index is 0.109. The summed E-state index contributed by atoms with van der Waals surface area (Å²) in [5.74, 6) is -0.786. The van der Waals surface area contributed by atoms with Crippen molar-refractivity contribution < 1.29 is 19.4 Å². The van der Waals surface area contributed by atoms with E-state index in [0.717, 1.165) is 40.8 Å². The van der Waals surface area contributed by atoms with Gasteiger partial charge in [-0.15, -0.1) is 0 Å². The maximum Gasteiger partial charge on any atom is 0.310 e. The standard InChI is InChI=1S/C23H24O4/c1-14(23(25)26)15-9-11-16(12-10-15)19-13-17-5-4-8-20(21(17)22(19)24)27-18-6-2-3-7-18/h4-5,8-12,14,18-19H,2-3,6-7,13H2,1H3,(H,25,26). The summed E-state index contributed by atoms with van der Waals surface area (Å²) in [5, 5.41) is 9.16. The number of aliphatic carboxylic acids is 1. The first-order chi connectivity index (χ1) is 13.0. The molecule has 0 radical (unpaired) electrons. The largest absolute Gasteiger partial charge is 0.490 e. The fourth-order valence-electron chi connectivity index (χ4n) is 4.23. The molecule has 1 saturated carbocycles. The van der Waals surface area contributed by atoms with Crippen molar-refractivity contribution in [1.29, 1.82) is 0 Å². The molecular formula is C23H24O4. The molecule has 140 valence electrons. The van der Waals surface area contributed by atoms with Crippen molar-refractivity contribution in [1.82, 2.24) is 0 Å². The summed E-state index contributed by atoms with van der Waals surface area (Å²) in [6, 6.07) is 13.3. The lowest BCUT2D eigenvalue weighted by Gasteiger charge is -2.16. The van der Waals surface area contributed by atoms with Crippen LogP contribution in [-0.4, -0.2) is 23.0 Å². The second-order valence-corrected chi connectivity index (χ2v) is 7.66. The van der Waals surface area contributed by atoms with Gasteiger partial charge in [0.2, 0.25) is 0 Å². The lowest BCUT2D eigenvalue weighted by Crippen LogP contribution is -2.14. The second-order valence-electron chi connectivity index (χ2n) is 7.66. The van der Waals surface area contributed by atoms with E-state index in [1.165, 1.54) is 12.8 Å². The lowest BCUT2D eigenvalue weighted by molar-refractivity contribution is -0.138. The minimum atomic E-state index is -0.846. The Bertz CT molecular complexity index is 862. The summed E-state index contributed by atoms with van der Waals surface area (Å²) in [7, 11) is 0. The maximum absolute atomic E-state index is 13.1. The zero-order valence-electron chi connectivity index (χ0n) is 15.5. The van der Waals surface area contributed by atoms with Crippen LogP contribution in [-0.2, 0) is 11.2 Å². The average molecular weight is 364 g/mol. The Kier molecular flexibility index (Phi) is 4.73. The van der Waals surface area contributed by atoms with E-state index in [1.807, 2.05) is 42.5 Å². The van der Waals surface area contributed by atoms with Crippen molar-refractivity contribution in [2.45, 2.75) is 57.0 Å². The number of hydrogen-bond donors (Lipinski definition) is 1. The van der Waals surface area contributed by atoms with Gasteiger partial charge >= 0.3 is 5.97 Å². The average Bonchev–Trinajstić information content (AvgIpc) is 3.30. The lowest BCUT2D eigenvalue weighted by atomic mass is 9.92. The molecule has 4 heteroatoms. The van der Waals surface area contributed by atoms with Crippen LogP contribution in [0.3, 0.4) is 0 Å². The number of carbonyl (C=O) groups excluding carboxylic acids is 1. The van der Waals surface area contributed by atoms with Gasteiger partial charge in [-0.2, -0.15) is 0 Å². The normalized spacial score (nSPS) is 20.5. The maximum atomic E-state index is 13.1. The Labute approximate surface area is 159 Å². The van der Waals surface area contributed by atoms with Crippen LogP contribution in [0, 0.1) is 0 Å². The van der Waals surface area contributed by atoms with Gasteiger partial charge in [0.25, 0.3) is 0 Å². The van der Waals surface area contributed by atoms with Crippen molar-refractivity contribution in [2.75, 3.05) is 0 Å². The molecule has 0 aliphatic heterocycles. The Balaban J connectivity index is 1.57. The molecule has 2 aromatic carbocycles. The van der Waals surface area contributed by atoms with E-state index < -0.39 is 11.9 Å². The molecule has 2 aliphatic rings. The van der Waals surface area contributed by atoms with Gasteiger partial charge in [0.15, 0.2) is 5.78 Å². The highest BCUT2D eigenvalue weighted by Gasteiger charge is 2.35. The number of carbonyl (C=O) groups is 2. The van der Waals surface area contributed by atoms with E-state index in [-0.39, 0.29) is 17.8 Å². The fourth-order valence-corrected chi connectivity index (χ4v) is 4.23. The van der Waals surface area contributed by atoms with Gasteiger partial charge in [-0.05, 0) is 61.8 Å². The smallest absolute Gasteiger partial charge is 0.310 e. The first kappa shape index (κ1) is 17.8. The van der Waals surface area contributed by atoms with Crippen molar-refractivity contribution in [3.8, 4) is 5.75 Å². The molecule has 4 rings (SSSR count). The van der Waals surface area contributed by atoms with Gasteiger partial charge < -0.3 is 9.84 Å². The van der Waals surface area contributed by atoms with E-state index in [2.05, 4.69) is 0 Å². The molecule has 0 heterocycles. The number of fused-ring (bicyclic) bond motifs is 1. The number of benzene rings is 2. The third-order valence-corrected chi connectivity index (χ3v) is 5.90. The van der Waals surface area contributed by atoms with Crippen LogP contribution in [0.15, 0.2) is 42.5 Å². The van der Waals surface area contributed by atoms with Gasteiger partial charge in [0, 0.05) is 0 Å². The zero-order valence-corrected chi connectivity index (χ0v) is 15.5. The van der Waals surface area contributed by atoms with E-state index in [1.54, 1.807) is 6.92 Å². The predicted octanol–water partition coefficient (Wildman–Crippen LogP) is 4.72. The van der Waals surface area contributed by atoms with Crippen LogP contribution < -0.4 is 4.74 Å². The Morgan fingerprint density at radius 2 is 1.81 bits per heavy atom. The van der Waals surface area contributed by atoms with E-state index in [9.17, 15) is 9.59 Å². The van der Waals surface area contributed by atoms with Gasteiger partial charge in [-0.1, -0.05) is 36.4 Å². The number of hydrogen-bond acceptors (Lipinski definition) is 3. The molecular weight excluding hydrogens is 340 g/mol. The molecule has 2 atom stereocenters. The van der Waals surface area contributed by atoms with Crippen LogP contribution in [0.5, 0.6) is 5.75 Å². The summed E-state index contributed by atoms with van der Waals surface area (Å²) in [4.78, 5) is 24.3.